The number of unbranched alkanes of at least 4 members (excludes halogenated alkanes) is 1. The van der Waals surface area contributed by atoms with Gasteiger partial charge in [0.2, 0.25) is 11.9 Å². The van der Waals surface area contributed by atoms with Crippen molar-refractivity contribution in [2.24, 2.45) is 0 Å². The Morgan fingerprint density at radius 1 is 1.10 bits per heavy atom. The molecule has 1 aromatic carbocycles. The topological polar surface area (TPSA) is 81.8 Å². The Kier molecular flexibility index (Phi) is 7.05. The Labute approximate surface area is 183 Å². The van der Waals surface area contributed by atoms with E-state index in [1.54, 1.807) is 4.68 Å². The third-order valence-corrected chi connectivity index (χ3v) is 5.36. The lowest BCUT2D eigenvalue weighted by molar-refractivity contribution is -0.116. The predicted molar refractivity (Wildman–Crippen MR) is 123 cm³/mol. The van der Waals surface area contributed by atoms with Crippen LogP contribution in [0.25, 0.3) is 5.95 Å². The van der Waals surface area contributed by atoms with E-state index < -0.39 is 0 Å². The summed E-state index contributed by atoms with van der Waals surface area (Å²) < 4.78 is 3.04. The van der Waals surface area contributed by atoms with Gasteiger partial charge in [-0.15, -0.1) is 0 Å². The maximum atomic E-state index is 13.2. The Hall–Kier alpha value is -3.22. The number of rotatable bonds is 8. The van der Waals surface area contributed by atoms with Crippen LogP contribution in [0.3, 0.4) is 0 Å². The van der Waals surface area contributed by atoms with Gasteiger partial charge in [-0.2, -0.15) is 5.10 Å². The lowest BCUT2D eigenvalue weighted by Gasteiger charge is -2.16. The molecule has 0 aliphatic rings. The first-order valence-electron chi connectivity index (χ1n) is 10.9. The van der Waals surface area contributed by atoms with Crippen LogP contribution in [0.5, 0.6) is 0 Å². The molecule has 31 heavy (non-hydrogen) atoms. The minimum Gasteiger partial charge on any atom is -0.325 e. The Bertz CT molecular complexity index is 1130. The fourth-order valence-corrected chi connectivity index (χ4v) is 3.71. The van der Waals surface area contributed by atoms with Gasteiger partial charge >= 0.3 is 0 Å². The van der Waals surface area contributed by atoms with E-state index in [1.165, 1.54) is 10.1 Å². The van der Waals surface area contributed by atoms with Crippen LogP contribution < -0.4 is 10.9 Å². The number of hydrogen-bond donors (Lipinski definition) is 1. The highest BCUT2D eigenvalue weighted by Crippen LogP contribution is 2.14. The molecule has 2 aromatic heterocycles. The van der Waals surface area contributed by atoms with Crippen LogP contribution in [0, 0.1) is 20.8 Å². The molecule has 0 radical (unpaired) electrons. The molecule has 2 heterocycles. The summed E-state index contributed by atoms with van der Waals surface area (Å²) in [6.45, 7) is 9.56. The zero-order valence-corrected chi connectivity index (χ0v) is 19.0. The van der Waals surface area contributed by atoms with Crippen LogP contribution in [0.4, 0.5) is 5.69 Å². The van der Waals surface area contributed by atoms with E-state index in [9.17, 15) is 9.59 Å². The van der Waals surface area contributed by atoms with Gasteiger partial charge in [0.1, 0.15) is 6.54 Å². The van der Waals surface area contributed by atoms with Gasteiger partial charge in [0.15, 0.2) is 0 Å². The fourth-order valence-electron chi connectivity index (χ4n) is 3.71. The van der Waals surface area contributed by atoms with Crippen molar-refractivity contribution in [3.63, 3.8) is 0 Å². The van der Waals surface area contributed by atoms with Crippen LogP contribution >= 0.6 is 0 Å². The molecule has 0 atom stereocenters. The van der Waals surface area contributed by atoms with Gasteiger partial charge in [-0.25, -0.2) is 9.67 Å². The van der Waals surface area contributed by atoms with Gasteiger partial charge < -0.3 is 5.32 Å². The Balaban J connectivity index is 1.90. The maximum absolute atomic E-state index is 13.2. The summed E-state index contributed by atoms with van der Waals surface area (Å²) in [6.07, 6.45) is 3.87. The molecule has 0 unspecified atom stereocenters. The zero-order valence-electron chi connectivity index (χ0n) is 19.0. The standard InChI is InChI=1S/C24H31N5O2/c1-6-8-9-19-10-12-20(13-11-19)26-22(30)15-28-23(31)21(7-2)18(5)25-24(28)29-17(4)14-16(3)27-29/h10-14H,6-9,15H2,1-5H3,(H,26,30). The number of aryl methyl sites for hydroxylation is 4. The van der Waals surface area contributed by atoms with Crippen LogP contribution in [0.15, 0.2) is 35.1 Å². The summed E-state index contributed by atoms with van der Waals surface area (Å²) in [6, 6.07) is 9.78. The van der Waals surface area contributed by atoms with Gasteiger partial charge in [-0.1, -0.05) is 32.4 Å². The summed E-state index contributed by atoms with van der Waals surface area (Å²) >= 11 is 0. The third kappa shape index (κ3) is 5.10. The average Bonchev–Trinajstić information content (AvgIpc) is 3.07. The van der Waals surface area contributed by atoms with Crippen molar-refractivity contribution in [2.45, 2.75) is 66.8 Å². The van der Waals surface area contributed by atoms with E-state index >= 15 is 0 Å². The number of aromatic nitrogens is 4. The van der Waals surface area contributed by atoms with Gasteiger partial charge in [-0.05, 0) is 63.8 Å². The van der Waals surface area contributed by atoms with Crippen LogP contribution in [-0.4, -0.2) is 25.2 Å². The Morgan fingerprint density at radius 2 is 1.81 bits per heavy atom. The van der Waals surface area contributed by atoms with Crippen molar-refractivity contribution >= 4 is 11.6 Å². The highest BCUT2D eigenvalue weighted by Gasteiger charge is 2.19. The molecule has 0 fully saturated rings. The molecule has 0 saturated carbocycles. The van der Waals surface area contributed by atoms with Crippen molar-refractivity contribution in [3.8, 4) is 5.95 Å². The normalized spacial score (nSPS) is 11.0. The molecule has 0 bridgehead atoms. The van der Waals surface area contributed by atoms with E-state index in [2.05, 4.69) is 22.3 Å². The SMILES string of the molecule is CCCCc1ccc(NC(=O)Cn2c(-n3nc(C)cc3C)nc(C)c(CC)c2=O)cc1. The van der Waals surface area contributed by atoms with E-state index in [0.29, 0.717) is 29.3 Å². The third-order valence-electron chi connectivity index (χ3n) is 5.36. The number of carbonyl (C=O) groups excluding carboxylic acids is 1. The van der Waals surface area contributed by atoms with E-state index in [4.69, 9.17) is 0 Å². The highest BCUT2D eigenvalue weighted by atomic mass is 16.2. The van der Waals surface area contributed by atoms with Crippen LogP contribution in [0.2, 0.25) is 0 Å². The number of nitrogens with zero attached hydrogens (tertiary/aromatic N) is 4. The molecule has 7 heteroatoms. The number of anilines is 1. The van der Waals surface area contributed by atoms with Crippen molar-refractivity contribution in [3.05, 3.63) is 68.9 Å². The Morgan fingerprint density at radius 3 is 2.39 bits per heavy atom. The molecule has 0 saturated heterocycles. The number of nitrogens with one attached hydrogen (secondary N) is 1. The lowest BCUT2D eigenvalue weighted by atomic mass is 10.1. The molecule has 0 spiro atoms. The molecule has 1 amide bonds. The minimum absolute atomic E-state index is 0.135. The molecule has 7 nitrogen and oxygen atoms in total. The molecule has 3 rings (SSSR count). The first-order chi connectivity index (χ1) is 14.8. The number of amides is 1. The van der Waals surface area contributed by atoms with Crippen LogP contribution in [-0.2, 0) is 24.2 Å². The van der Waals surface area contributed by atoms with Crippen molar-refractivity contribution < 1.29 is 4.79 Å². The predicted octanol–water partition coefficient (Wildman–Crippen LogP) is 3.90. The lowest BCUT2D eigenvalue weighted by Crippen LogP contribution is -2.34. The molecule has 0 aliphatic heterocycles. The molecule has 1 N–H and O–H groups in total. The maximum Gasteiger partial charge on any atom is 0.258 e. The number of carbonyl (C=O) groups is 1. The van der Waals surface area contributed by atoms with E-state index in [-0.39, 0.29) is 18.0 Å². The van der Waals surface area contributed by atoms with Gasteiger partial charge in [0.25, 0.3) is 5.56 Å². The van der Waals surface area contributed by atoms with E-state index in [0.717, 1.165) is 30.7 Å². The zero-order chi connectivity index (χ0) is 22.5. The molecular weight excluding hydrogens is 390 g/mol. The molecule has 0 aliphatic carbocycles. The van der Waals surface area contributed by atoms with Crippen molar-refractivity contribution in [1.82, 2.24) is 19.3 Å². The summed E-state index contributed by atoms with van der Waals surface area (Å²) in [4.78, 5) is 30.6. The number of hydrogen-bond acceptors (Lipinski definition) is 4. The van der Waals surface area contributed by atoms with Crippen molar-refractivity contribution in [1.29, 1.82) is 0 Å². The van der Waals surface area contributed by atoms with Gasteiger partial charge in [-0.3, -0.25) is 14.2 Å². The summed E-state index contributed by atoms with van der Waals surface area (Å²) in [5.74, 6) is 0.0780. The fraction of sp³-hybridized carbons (Fsp3) is 0.417. The quantitative estimate of drug-likeness (QED) is 0.598. The van der Waals surface area contributed by atoms with Crippen molar-refractivity contribution in [2.75, 3.05) is 5.32 Å². The second kappa shape index (κ2) is 9.73. The minimum atomic E-state index is -0.279. The van der Waals surface area contributed by atoms with E-state index in [1.807, 2.05) is 58.0 Å². The highest BCUT2D eigenvalue weighted by molar-refractivity contribution is 5.90. The monoisotopic (exact) mass is 421 g/mol. The second-order valence-corrected chi connectivity index (χ2v) is 7.91. The summed E-state index contributed by atoms with van der Waals surface area (Å²) in [7, 11) is 0. The van der Waals surface area contributed by atoms with Gasteiger partial charge in [0.05, 0.1) is 11.4 Å². The average molecular weight is 422 g/mol. The first-order valence-corrected chi connectivity index (χ1v) is 10.9. The van der Waals surface area contributed by atoms with Crippen LogP contribution in [0.1, 0.15) is 54.9 Å². The van der Waals surface area contributed by atoms with Gasteiger partial charge in [0, 0.05) is 16.9 Å². The summed E-state index contributed by atoms with van der Waals surface area (Å²) in [5, 5.41) is 7.36. The summed E-state index contributed by atoms with van der Waals surface area (Å²) in [5.41, 5.74) is 4.70. The second-order valence-electron chi connectivity index (χ2n) is 7.91. The first kappa shape index (κ1) is 22.5. The molecule has 3 aromatic rings. The molecular formula is C24H31N5O2. The largest absolute Gasteiger partial charge is 0.325 e. The molecule has 164 valence electrons. The number of benzene rings is 1. The smallest absolute Gasteiger partial charge is 0.258 e.